The third-order valence-electron chi connectivity index (χ3n) is 5.22. The van der Waals surface area contributed by atoms with Gasteiger partial charge in [0.25, 0.3) is 0 Å². The molecular weight excluding hydrogens is 336 g/mol. The number of hydrogen-bond acceptors (Lipinski definition) is 5. The van der Waals surface area contributed by atoms with Crippen LogP contribution in [0.2, 0.25) is 0 Å². The molecule has 1 unspecified atom stereocenters. The molecule has 3 aliphatic rings. The summed E-state index contributed by atoms with van der Waals surface area (Å²) in [5, 5.41) is 0. The van der Waals surface area contributed by atoms with Gasteiger partial charge in [0.05, 0.1) is 24.7 Å². The maximum atomic E-state index is 13.0. The van der Waals surface area contributed by atoms with Crippen molar-refractivity contribution >= 4 is 17.5 Å². The number of fused-ring (bicyclic) bond motifs is 1. The Bertz CT molecular complexity index is 733. The highest BCUT2D eigenvalue weighted by molar-refractivity contribution is 6.00. The number of morpholine rings is 1. The first kappa shape index (κ1) is 17.1. The van der Waals surface area contributed by atoms with Gasteiger partial charge in [-0.1, -0.05) is 0 Å². The number of benzene rings is 1. The molecule has 1 aromatic rings. The quantitative estimate of drug-likeness (QED) is 0.799. The molecule has 1 atom stereocenters. The van der Waals surface area contributed by atoms with Gasteiger partial charge < -0.3 is 24.0 Å². The third-order valence-corrected chi connectivity index (χ3v) is 5.22. The Labute approximate surface area is 152 Å². The van der Waals surface area contributed by atoms with E-state index < -0.39 is 0 Å². The van der Waals surface area contributed by atoms with Gasteiger partial charge in [0.15, 0.2) is 11.5 Å². The van der Waals surface area contributed by atoms with Crippen molar-refractivity contribution in [1.82, 2.24) is 4.90 Å². The highest BCUT2D eigenvalue weighted by Crippen LogP contribution is 2.36. The van der Waals surface area contributed by atoms with Crippen LogP contribution in [0.3, 0.4) is 0 Å². The molecular formula is C19H24N2O5. The van der Waals surface area contributed by atoms with E-state index in [1.54, 1.807) is 4.90 Å². The summed E-state index contributed by atoms with van der Waals surface area (Å²) < 4.78 is 16.6. The number of ether oxygens (including phenoxy) is 3. The normalized spacial score (nSPS) is 24.7. The summed E-state index contributed by atoms with van der Waals surface area (Å²) in [6, 6.07) is 5.48. The van der Waals surface area contributed by atoms with Gasteiger partial charge in [-0.15, -0.1) is 0 Å². The van der Waals surface area contributed by atoms with Crippen LogP contribution in [0.15, 0.2) is 18.2 Å². The first-order chi connectivity index (χ1) is 12.5. The molecule has 140 valence electrons. The minimum atomic E-state index is -0.344. The fraction of sp³-hybridized carbons (Fsp3) is 0.579. The maximum absolute atomic E-state index is 13.0. The van der Waals surface area contributed by atoms with Crippen molar-refractivity contribution < 1.29 is 23.8 Å². The second-order valence-electron chi connectivity index (χ2n) is 7.59. The average molecular weight is 360 g/mol. The number of carbonyl (C=O) groups is 2. The Morgan fingerprint density at radius 2 is 1.92 bits per heavy atom. The Balaban J connectivity index is 1.51. The van der Waals surface area contributed by atoms with E-state index >= 15 is 0 Å². The van der Waals surface area contributed by atoms with E-state index in [4.69, 9.17) is 14.2 Å². The SMILES string of the molecule is CC1(C)COCCN1C(=O)C1CC(=O)N(c2ccc3c(c2)OCCO3)C1. The van der Waals surface area contributed by atoms with Gasteiger partial charge in [0.2, 0.25) is 11.8 Å². The molecule has 2 amide bonds. The summed E-state index contributed by atoms with van der Waals surface area (Å²) in [6.45, 7) is 7.05. The molecule has 7 nitrogen and oxygen atoms in total. The lowest BCUT2D eigenvalue weighted by Crippen LogP contribution is -2.57. The smallest absolute Gasteiger partial charge is 0.228 e. The molecule has 0 saturated carbocycles. The fourth-order valence-electron chi connectivity index (χ4n) is 3.81. The van der Waals surface area contributed by atoms with Crippen LogP contribution in [0.1, 0.15) is 20.3 Å². The molecule has 0 bridgehead atoms. The Morgan fingerprint density at radius 1 is 1.15 bits per heavy atom. The van der Waals surface area contributed by atoms with Crippen LogP contribution in [-0.2, 0) is 14.3 Å². The van der Waals surface area contributed by atoms with E-state index in [0.717, 1.165) is 5.69 Å². The number of rotatable bonds is 2. The summed E-state index contributed by atoms with van der Waals surface area (Å²) in [5.41, 5.74) is 0.402. The van der Waals surface area contributed by atoms with Crippen LogP contribution in [0.4, 0.5) is 5.69 Å². The van der Waals surface area contributed by atoms with Gasteiger partial charge in [0, 0.05) is 31.3 Å². The molecule has 4 rings (SSSR count). The Kier molecular flexibility index (Phi) is 4.26. The third kappa shape index (κ3) is 3.00. The molecule has 0 N–H and O–H groups in total. The second-order valence-corrected chi connectivity index (χ2v) is 7.59. The van der Waals surface area contributed by atoms with E-state index in [1.807, 2.05) is 36.9 Å². The molecule has 2 saturated heterocycles. The Morgan fingerprint density at radius 3 is 2.69 bits per heavy atom. The van der Waals surface area contributed by atoms with Crippen molar-refractivity contribution in [3.63, 3.8) is 0 Å². The zero-order chi connectivity index (χ0) is 18.3. The van der Waals surface area contributed by atoms with Gasteiger partial charge >= 0.3 is 0 Å². The molecule has 2 fully saturated rings. The second kappa shape index (κ2) is 6.46. The lowest BCUT2D eigenvalue weighted by Gasteiger charge is -2.43. The van der Waals surface area contributed by atoms with E-state index in [0.29, 0.717) is 51.0 Å². The predicted molar refractivity (Wildman–Crippen MR) is 94.5 cm³/mol. The van der Waals surface area contributed by atoms with Gasteiger partial charge in [-0.2, -0.15) is 0 Å². The first-order valence-electron chi connectivity index (χ1n) is 9.05. The van der Waals surface area contributed by atoms with Gasteiger partial charge in [-0.25, -0.2) is 0 Å². The number of nitrogens with zero attached hydrogens (tertiary/aromatic N) is 2. The van der Waals surface area contributed by atoms with Crippen LogP contribution >= 0.6 is 0 Å². The van der Waals surface area contributed by atoms with Crippen LogP contribution in [0, 0.1) is 5.92 Å². The molecule has 0 aromatic heterocycles. The minimum absolute atomic E-state index is 0.0340. The number of anilines is 1. The van der Waals surface area contributed by atoms with E-state index in [9.17, 15) is 9.59 Å². The zero-order valence-electron chi connectivity index (χ0n) is 15.2. The van der Waals surface area contributed by atoms with E-state index in [2.05, 4.69) is 0 Å². The van der Waals surface area contributed by atoms with Crippen molar-refractivity contribution in [2.24, 2.45) is 5.92 Å². The highest BCUT2D eigenvalue weighted by atomic mass is 16.6. The van der Waals surface area contributed by atoms with E-state index in [-0.39, 0.29) is 29.7 Å². The van der Waals surface area contributed by atoms with Crippen molar-refractivity contribution in [2.45, 2.75) is 25.8 Å². The van der Waals surface area contributed by atoms with Crippen molar-refractivity contribution in [1.29, 1.82) is 0 Å². The zero-order valence-corrected chi connectivity index (χ0v) is 15.2. The molecule has 0 spiro atoms. The lowest BCUT2D eigenvalue weighted by molar-refractivity contribution is -0.150. The highest BCUT2D eigenvalue weighted by Gasteiger charge is 2.42. The Hall–Kier alpha value is -2.28. The van der Waals surface area contributed by atoms with Gasteiger partial charge in [-0.3, -0.25) is 9.59 Å². The molecule has 0 radical (unpaired) electrons. The van der Waals surface area contributed by atoms with Crippen molar-refractivity contribution in [2.75, 3.05) is 44.4 Å². The van der Waals surface area contributed by atoms with Crippen LogP contribution < -0.4 is 14.4 Å². The maximum Gasteiger partial charge on any atom is 0.228 e. The van der Waals surface area contributed by atoms with Crippen LogP contribution in [0.5, 0.6) is 11.5 Å². The first-order valence-corrected chi connectivity index (χ1v) is 9.05. The lowest BCUT2D eigenvalue weighted by atomic mass is 9.98. The van der Waals surface area contributed by atoms with Crippen LogP contribution in [0.25, 0.3) is 0 Å². The minimum Gasteiger partial charge on any atom is -0.486 e. The van der Waals surface area contributed by atoms with E-state index in [1.165, 1.54) is 0 Å². The monoisotopic (exact) mass is 360 g/mol. The summed E-state index contributed by atoms with van der Waals surface area (Å²) >= 11 is 0. The molecule has 3 heterocycles. The molecule has 7 heteroatoms. The molecule has 1 aromatic carbocycles. The average Bonchev–Trinajstić information content (AvgIpc) is 3.02. The predicted octanol–water partition coefficient (Wildman–Crippen LogP) is 1.45. The van der Waals surface area contributed by atoms with Crippen molar-refractivity contribution in [3.8, 4) is 11.5 Å². The van der Waals surface area contributed by atoms with Crippen molar-refractivity contribution in [3.05, 3.63) is 18.2 Å². The summed E-state index contributed by atoms with van der Waals surface area (Å²) in [6.07, 6.45) is 0.237. The number of amides is 2. The number of hydrogen-bond donors (Lipinski definition) is 0. The molecule has 0 aliphatic carbocycles. The standard InChI is InChI=1S/C19H24N2O5/c1-19(2)12-24-6-5-21(19)18(23)13-9-17(22)20(11-13)14-3-4-15-16(10-14)26-8-7-25-15/h3-4,10,13H,5-9,11-12H2,1-2H3. The number of carbonyl (C=O) groups excluding carboxylic acids is 2. The van der Waals surface area contributed by atoms with Gasteiger partial charge in [-0.05, 0) is 26.0 Å². The summed E-state index contributed by atoms with van der Waals surface area (Å²) in [5.74, 6) is 1.01. The van der Waals surface area contributed by atoms with Crippen LogP contribution in [-0.4, -0.2) is 61.8 Å². The summed E-state index contributed by atoms with van der Waals surface area (Å²) in [7, 11) is 0. The largest absolute Gasteiger partial charge is 0.486 e. The van der Waals surface area contributed by atoms with Gasteiger partial charge in [0.1, 0.15) is 13.2 Å². The topological polar surface area (TPSA) is 68.3 Å². The molecule has 3 aliphatic heterocycles. The fourth-order valence-corrected chi connectivity index (χ4v) is 3.81. The molecule has 26 heavy (non-hydrogen) atoms. The summed E-state index contributed by atoms with van der Waals surface area (Å²) in [4.78, 5) is 29.1.